The first kappa shape index (κ1) is 12.3. The maximum atomic E-state index is 11.7. The summed E-state index contributed by atoms with van der Waals surface area (Å²) in [7, 11) is 0. The average Bonchev–Trinajstić information content (AvgIpc) is 2.74. The monoisotopic (exact) mass is 248 g/mol. The van der Waals surface area contributed by atoms with Crippen molar-refractivity contribution in [2.75, 3.05) is 0 Å². The molecule has 2 aromatic rings. The van der Waals surface area contributed by atoms with E-state index in [1.807, 2.05) is 18.4 Å². The number of rotatable bonds is 3. The van der Waals surface area contributed by atoms with Crippen LogP contribution in [0.1, 0.15) is 31.1 Å². The molecule has 2 aromatic heterocycles. The van der Waals surface area contributed by atoms with Gasteiger partial charge in [-0.1, -0.05) is 0 Å². The van der Waals surface area contributed by atoms with Crippen molar-refractivity contribution in [3.8, 4) is 0 Å². The Kier molecular flexibility index (Phi) is 3.18. The van der Waals surface area contributed by atoms with Crippen molar-refractivity contribution in [1.82, 2.24) is 19.1 Å². The molecule has 0 unspecified atom stereocenters. The average molecular weight is 248 g/mol. The fourth-order valence-corrected chi connectivity index (χ4v) is 1.83. The van der Waals surface area contributed by atoms with Crippen molar-refractivity contribution in [3.05, 3.63) is 50.8 Å². The van der Waals surface area contributed by atoms with E-state index < -0.39 is 5.69 Å². The standard InChI is InChI=1S/C12H16N4O2/c1-8(2)16-7-13-4-10(16)6-15-5-9(3)11(17)14-12(15)18/h4-5,7-8H,6H2,1-3H3,(H,14,17,18). The van der Waals surface area contributed by atoms with Gasteiger partial charge in [-0.25, -0.2) is 9.78 Å². The van der Waals surface area contributed by atoms with E-state index in [-0.39, 0.29) is 11.6 Å². The summed E-state index contributed by atoms with van der Waals surface area (Å²) in [6, 6.07) is 0.280. The van der Waals surface area contributed by atoms with Gasteiger partial charge in [0, 0.05) is 24.0 Å². The van der Waals surface area contributed by atoms with Crippen molar-refractivity contribution in [2.45, 2.75) is 33.4 Å². The van der Waals surface area contributed by atoms with E-state index in [1.54, 1.807) is 25.6 Å². The van der Waals surface area contributed by atoms with Crippen LogP contribution in [0.5, 0.6) is 0 Å². The third kappa shape index (κ3) is 2.27. The molecule has 0 aliphatic heterocycles. The molecule has 18 heavy (non-hydrogen) atoms. The number of aryl methyl sites for hydroxylation is 1. The lowest BCUT2D eigenvalue weighted by molar-refractivity contribution is 0.554. The summed E-state index contributed by atoms with van der Waals surface area (Å²) in [6.45, 7) is 6.17. The topological polar surface area (TPSA) is 72.7 Å². The zero-order chi connectivity index (χ0) is 13.3. The maximum Gasteiger partial charge on any atom is 0.328 e. The van der Waals surface area contributed by atoms with Crippen LogP contribution in [0.4, 0.5) is 0 Å². The van der Waals surface area contributed by atoms with Crippen LogP contribution >= 0.6 is 0 Å². The van der Waals surface area contributed by atoms with Gasteiger partial charge >= 0.3 is 5.69 Å². The van der Waals surface area contributed by atoms with E-state index in [0.29, 0.717) is 12.1 Å². The van der Waals surface area contributed by atoms with Gasteiger partial charge < -0.3 is 4.57 Å². The van der Waals surface area contributed by atoms with Gasteiger partial charge in [0.1, 0.15) is 0 Å². The molecule has 6 nitrogen and oxygen atoms in total. The Balaban J connectivity index is 2.40. The fourth-order valence-electron chi connectivity index (χ4n) is 1.83. The molecule has 1 N–H and O–H groups in total. The third-order valence-electron chi connectivity index (χ3n) is 2.82. The van der Waals surface area contributed by atoms with Crippen LogP contribution in [0.25, 0.3) is 0 Å². The van der Waals surface area contributed by atoms with Crippen LogP contribution in [-0.2, 0) is 6.54 Å². The van der Waals surface area contributed by atoms with E-state index in [0.717, 1.165) is 5.69 Å². The molecular formula is C12H16N4O2. The van der Waals surface area contributed by atoms with Crippen molar-refractivity contribution >= 4 is 0 Å². The minimum Gasteiger partial charge on any atom is -0.330 e. The molecule has 2 heterocycles. The predicted octanol–water partition coefficient (Wildman–Crippen LogP) is 0.671. The molecule has 0 aliphatic rings. The van der Waals surface area contributed by atoms with Crippen LogP contribution in [-0.4, -0.2) is 19.1 Å². The number of hydrogen-bond donors (Lipinski definition) is 1. The smallest absolute Gasteiger partial charge is 0.328 e. The largest absolute Gasteiger partial charge is 0.330 e. The van der Waals surface area contributed by atoms with E-state index in [9.17, 15) is 9.59 Å². The van der Waals surface area contributed by atoms with Gasteiger partial charge in [0.15, 0.2) is 0 Å². The summed E-state index contributed by atoms with van der Waals surface area (Å²) < 4.78 is 3.47. The van der Waals surface area contributed by atoms with Crippen molar-refractivity contribution < 1.29 is 0 Å². The third-order valence-corrected chi connectivity index (χ3v) is 2.82. The Bertz CT molecular complexity index is 663. The SMILES string of the molecule is Cc1cn(Cc2cncn2C(C)C)c(=O)[nH]c1=O. The minimum absolute atomic E-state index is 0.280. The number of nitrogens with zero attached hydrogens (tertiary/aromatic N) is 3. The number of hydrogen-bond acceptors (Lipinski definition) is 3. The second-order valence-corrected chi connectivity index (χ2v) is 4.59. The quantitative estimate of drug-likeness (QED) is 0.867. The predicted molar refractivity (Wildman–Crippen MR) is 67.8 cm³/mol. The molecule has 0 atom stereocenters. The number of aromatic amines is 1. The van der Waals surface area contributed by atoms with Crippen molar-refractivity contribution in [2.24, 2.45) is 0 Å². The molecule has 0 saturated heterocycles. The van der Waals surface area contributed by atoms with Gasteiger partial charge in [-0.15, -0.1) is 0 Å². The van der Waals surface area contributed by atoms with Crippen molar-refractivity contribution in [1.29, 1.82) is 0 Å². The van der Waals surface area contributed by atoms with Crippen LogP contribution in [0, 0.1) is 6.92 Å². The molecule has 0 fully saturated rings. The zero-order valence-electron chi connectivity index (χ0n) is 10.7. The molecule has 0 amide bonds. The molecule has 96 valence electrons. The molecular weight excluding hydrogens is 232 g/mol. The summed E-state index contributed by atoms with van der Waals surface area (Å²) in [5.74, 6) is 0. The Hall–Kier alpha value is -2.11. The highest BCUT2D eigenvalue weighted by Gasteiger charge is 2.08. The molecule has 2 rings (SSSR count). The van der Waals surface area contributed by atoms with Gasteiger partial charge in [-0.3, -0.25) is 14.3 Å². The van der Waals surface area contributed by atoms with Crippen LogP contribution in [0.3, 0.4) is 0 Å². The molecule has 0 saturated carbocycles. The second kappa shape index (κ2) is 4.64. The molecule has 6 heteroatoms. The second-order valence-electron chi connectivity index (χ2n) is 4.59. The Labute approximate surface area is 104 Å². The maximum absolute atomic E-state index is 11.7. The van der Waals surface area contributed by atoms with E-state index in [2.05, 4.69) is 9.97 Å². The summed E-state index contributed by atoms with van der Waals surface area (Å²) in [4.78, 5) is 29.3. The Morgan fingerprint density at radius 1 is 1.39 bits per heavy atom. The number of imidazole rings is 1. The van der Waals surface area contributed by atoms with E-state index >= 15 is 0 Å². The van der Waals surface area contributed by atoms with E-state index in [4.69, 9.17) is 0 Å². The lowest BCUT2D eigenvalue weighted by Gasteiger charge is -2.12. The first-order valence-electron chi connectivity index (χ1n) is 5.80. The molecule has 0 aliphatic carbocycles. The fraction of sp³-hybridized carbons (Fsp3) is 0.417. The summed E-state index contributed by atoms with van der Waals surface area (Å²) in [6.07, 6.45) is 5.04. The first-order chi connectivity index (χ1) is 8.49. The van der Waals surface area contributed by atoms with Crippen molar-refractivity contribution in [3.63, 3.8) is 0 Å². The lowest BCUT2D eigenvalue weighted by Crippen LogP contribution is -2.31. The first-order valence-corrected chi connectivity index (χ1v) is 5.80. The molecule has 0 bridgehead atoms. The zero-order valence-corrected chi connectivity index (χ0v) is 10.7. The highest BCUT2D eigenvalue weighted by Crippen LogP contribution is 2.09. The van der Waals surface area contributed by atoms with Gasteiger partial charge in [-0.05, 0) is 20.8 Å². The normalized spacial score (nSPS) is 11.1. The molecule has 0 radical (unpaired) electrons. The summed E-state index contributed by atoms with van der Waals surface area (Å²) in [5.41, 5.74) is 0.708. The van der Waals surface area contributed by atoms with Crippen LogP contribution < -0.4 is 11.2 Å². The Morgan fingerprint density at radius 3 is 2.78 bits per heavy atom. The minimum atomic E-state index is -0.401. The van der Waals surface area contributed by atoms with Gasteiger partial charge in [-0.2, -0.15) is 0 Å². The highest BCUT2D eigenvalue weighted by molar-refractivity contribution is 5.05. The molecule has 0 spiro atoms. The lowest BCUT2D eigenvalue weighted by atomic mass is 10.3. The van der Waals surface area contributed by atoms with Crippen LogP contribution in [0.2, 0.25) is 0 Å². The number of H-pyrrole nitrogens is 1. The van der Waals surface area contributed by atoms with Gasteiger partial charge in [0.25, 0.3) is 5.56 Å². The highest BCUT2D eigenvalue weighted by atomic mass is 16.2. The van der Waals surface area contributed by atoms with Gasteiger partial charge in [0.2, 0.25) is 0 Å². The summed E-state index contributed by atoms with van der Waals surface area (Å²) >= 11 is 0. The summed E-state index contributed by atoms with van der Waals surface area (Å²) in [5, 5.41) is 0. The van der Waals surface area contributed by atoms with Gasteiger partial charge in [0.05, 0.1) is 18.6 Å². The van der Waals surface area contributed by atoms with Crippen LogP contribution in [0.15, 0.2) is 28.3 Å². The number of aromatic nitrogens is 4. The molecule has 0 aromatic carbocycles. The Morgan fingerprint density at radius 2 is 2.11 bits per heavy atom. The number of nitrogens with one attached hydrogen (secondary N) is 1. The van der Waals surface area contributed by atoms with E-state index in [1.165, 1.54) is 4.57 Å².